The maximum absolute atomic E-state index is 11.8. The normalized spacial score (nSPS) is 50.1. The van der Waals surface area contributed by atoms with Crippen molar-refractivity contribution in [2.75, 3.05) is 6.61 Å². The van der Waals surface area contributed by atoms with Gasteiger partial charge in [-0.05, 0) is 117 Å². The molecular weight excluding hydrogens is 424 g/mol. The molecule has 4 saturated carbocycles. The minimum atomic E-state index is -0.823. The Morgan fingerprint density at radius 1 is 0.941 bits per heavy atom. The highest BCUT2D eigenvalue weighted by Crippen LogP contribution is 2.75. The molecule has 0 aliphatic heterocycles. The fourth-order valence-electron chi connectivity index (χ4n) is 10.3. The van der Waals surface area contributed by atoms with Crippen molar-refractivity contribution in [2.24, 2.45) is 45.3 Å². The van der Waals surface area contributed by atoms with Gasteiger partial charge in [-0.2, -0.15) is 0 Å². The van der Waals surface area contributed by atoms with Crippen LogP contribution in [0.4, 0.5) is 0 Å². The van der Waals surface area contributed by atoms with E-state index in [1.807, 2.05) is 19.9 Å². The third-order valence-electron chi connectivity index (χ3n) is 12.6. The molecule has 196 valence electrons. The first-order valence-electron chi connectivity index (χ1n) is 14.0. The molecule has 34 heavy (non-hydrogen) atoms. The van der Waals surface area contributed by atoms with E-state index < -0.39 is 5.60 Å². The second-order valence-electron chi connectivity index (χ2n) is 14.4. The molecule has 0 saturated heterocycles. The second-order valence-corrected chi connectivity index (χ2v) is 14.4. The van der Waals surface area contributed by atoms with Gasteiger partial charge >= 0.3 is 0 Å². The topological polar surface area (TPSA) is 80.9 Å². The molecular formula is C30H52O4. The molecule has 0 aromatic rings. The monoisotopic (exact) mass is 476 g/mol. The van der Waals surface area contributed by atoms with Crippen molar-refractivity contribution in [1.29, 1.82) is 0 Å². The van der Waals surface area contributed by atoms with Crippen molar-refractivity contribution in [3.8, 4) is 0 Å². The van der Waals surface area contributed by atoms with E-state index in [1.54, 1.807) is 0 Å². The van der Waals surface area contributed by atoms with Crippen LogP contribution in [0.3, 0.4) is 0 Å². The van der Waals surface area contributed by atoms with Crippen molar-refractivity contribution in [2.45, 2.75) is 124 Å². The van der Waals surface area contributed by atoms with Gasteiger partial charge in [0.2, 0.25) is 0 Å². The van der Waals surface area contributed by atoms with E-state index >= 15 is 0 Å². The second kappa shape index (κ2) is 8.57. The van der Waals surface area contributed by atoms with Gasteiger partial charge in [0, 0.05) is 0 Å². The first-order valence-corrected chi connectivity index (χ1v) is 14.0. The average molecular weight is 477 g/mol. The molecule has 0 aromatic carbocycles. The first kappa shape index (κ1) is 26.6. The average Bonchev–Trinajstić information content (AvgIpc) is 3.13. The van der Waals surface area contributed by atoms with Gasteiger partial charge in [0.15, 0.2) is 0 Å². The Balaban J connectivity index is 1.64. The predicted molar refractivity (Wildman–Crippen MR) is 137 cm³/mol. The molecule has 4 aliphatic rings. The number of allylic oxidation sites excluding steroid dienone is 1. The SMILES string of the molecule is C/C(=C\CC[C@](C)(O)[C@H]1CC[C@]2(C)C1[C@H](O)CC1[C@@]3(C)CC[C@H](O)C(C)(C)C3CC[C@]12C)CO. The zero-order chi connectivity index (χ0) is 25.3. The zero-order valence-corrected chi connectivity index (χ0v) is 22.9. The largest absolute Gasteiger partial charge is 0.393 e. The molecule has 0 heterocycles. The highest BCUT2D eigenvalue weighted by atomic mass is 16.3. The molecule has 10 atom stereocenters. The highest BCUT2D eigenvalue weighted by Gasteiger charge is 2.71. The van der Waals surface area contributed by atoms with Crippen LogP contribution in [-0.4, -0.2) is 44.8 Å². The Hall–Kier alpha value is -0.420. The number of hydrogen-bond acceptors (Lipinski definition) is 4. The molecule has 4 rings (SSSR count). The van der Waals surface area contributed by atoms with Crippen LogP contribution in [0.1, 0.15) is 106 Å². The standard InChI is InChI=1S/C30H52O4/c1-19(18-31)9-8-13-30(7,34)20-10-15-29(6)25(20)21(32)17-23-27(4)14-12-24(33)26(2,3)22(27)11-16-28(23,29)5/h9,20-25,31-34H,8,10-18H2,1-7H3/b19-9+/t20-,21+,22?,23?,24-,25?,27-,28+,29+,30-/m0/s1. The van der Waals surface area contributed by atoms with E-state index in [2.05, 4.69) is 34.6 Å². The summed E-state index contributed by atoms with van der Waals surface area (Å²) in [7, 11) is 0. The molecule has 4 aliphatic carbocycles. The van der Waals surface area contributed by atoms with E-state index in [9.17, 15) is 20.4 Å². The number of rotatable bonds is 5. The summed E-state index contributed by atoms with van der Waals surface area (Å²) in [6, 6.07) is 0. The summed E-state index contributed by atoms with van der Waals surface area (Å²) in [4.78, 5) is 0. The summed E-state index contributed by atoms with van der Waals surface area (Å²) < 4.78 is 0. The smallest absolute Gasteiger partial charge is 0.0654 e. The predicted octanol–water partition coefficient (Wildman–Crippen LogP) is 5.47. The summed E-state index contributed by atoms with van der Waals surface area (Å²) in [5.74, 6) is 1.15. The Kier molecular flexibility index (Phi) is 6.71. The van der Waals surface area contributed by atoms with E-state index in [-0.39, 0.29) is 52.3 Å². The Bertz CT molecular complexity index is 802. The molecule has 4 N–H and O–H groups in total. The summed E-state index contributed by atoms with van der Waals surface area (Å²) in [5.41, 5.74) is 0.326. The molecule has 0 amide bonds. The lowest BCUT2D eigenvalue weighted by molar-refractivity contribution is -0.246. The Morgan fingerprint density at radius 3 is 2.24 bits per heavy atom. The summed E-state index contributed by atoms with van der Waals surface area (Å²) in [5, 5.41) is 43.6. The molecule has 4 heteroatoms. The van der Waals surface area contributed by atoms with Crippen molar-refractivity contribution in [1.82, 2.24) is 0 Å². The summed E-state index contributed by atoms with van der Waals surface area (Å²) >= 11 is 0. The van der Waals surface area contributed by atoms with E-state index in [0.717, 1.165) is 56.9 Å². The molecule has 4 nitrogen and oxygen atoms in total. The lowest BCUT2D eigenvalue weighted by Gasteiger charge is -2.70. The quantitative estimate of drug-likeness (QED) is 0.397. The zero-order valence-electron chi connectivity index (χ0n) is 22.9. The molecule has 0 bridgehead atoms. The van der Waals surface area contributed by atoms with Gasteiger partial charge in [0.05, 0.1) is 24.4 Å². The third-order valence-corrected chi connectivity index (χ3v) is 12.6. The van der Waals surface area contributed by atoms with Gasteiger partial charge in [-0.3, -0.25) is 0 Å². The number of hydrogen-bond donors (Lipinski definition) is 4. The molecule has 0 spiro atoms. The van der Waals surface area contributed by atoms with Crippen LogP contribution < -0.4 is 0 Å². The van der Waals surface area contributed by atoms with Crippen molar-refractivity contribution in [3.05, 3.63) is 11.6 Å². The minimum absolute atomic E-state index is 0.00896. The summed E-state index contributed by atoms with van der Waals surface area (Å²) in [6.07, 6.45) is 9.93. The van der Waals surface area contributed by atoms with Crippen LogP contribution in [0.25, 0.3) is 0 Å². The van der Waals surface area contributed by atoms with Crippen LogP contribution in [0, 0.1) is 45.3 Å². The van der Waals surface area contributed by atoms with Gasteiger partial charge in [0.1, 0.15) is 0 Å². The van der Waals surface area contributed by atoms with Gasteiger partial charge in [-0.25, -0.2) is 0 Å². The molecule has 0 aromatic heterocycles. The van der Waals surface area contributed by atoms with Crippen LogP contribution in [0.15, 0.2) is 11.6 Å². The Labute approximate surface area is 208 Å². The van der Waals surface area contributed by atoms with Crippen LogP contribution in [0.2, 0.25) is 0 Å². The maximum atomic E-state index is 11.8. The number of fused-ring (bicyclic) bond motifs is 5. The van der Waals surface area contributed by atoms with Crippen molar-refractivity contribution in [3.63, 3.8) is 0 Å². The van der Waals surface area contributed by atoms with Gasteiger partial charge in [-0.1, -0.05) is 46.3 Å². The van der Waals surface area contributed by atoms with Crippen LogP contribution in [-0.2, 0) is 0 Å². The lowest BCUT2D eigenvalue weighted by atomic mass is 9.35. The van der Waals surface area contributed by atoms with Crippen LogP contribution in [0.5, 0.6) is 0 Å². The van der Waals surface area contributed by atoms with Gasteiger partial charge in [-0.15, -0.1) is 0 Å². The van der Waals surface area contributed by atoms with Crippen molar-refractivity contribution >= 4 is 0 Å². The molecule has 4 fully saturated rings. The number of aliphatic hydroxyl groups is 4. The Morgan fingerprint density at radius 2 is 1.59 bits per heavy atom. The van der Waals surface area contributed by atoms with E-state index in [4.69, 9.17) is 0 Å². The third kappa shape index (κ3) is 3.68. The molecule has 0 radical (unpaired) electrons. The van der Waals surface area contributed by atoms with Crippen LogP contribution >= 0.6 is 0 Å². The fourth-order valence-corrected chi connectivity index (χ4v) is 10.3. The minimum Gasteiger partial charge on any atom is -0.393 e. The van der Waals surface area contributed by atoms with Crippen molar-refractivity contribution < 1.29 is 20.4 Å². The maximum Gasteiger partial charge on any atom is 0.0654 e. The van der Waals surface area contributed by atoms with Gasteiger partial charge in [0.25, 0.3) is 0 Å². The van der Waals surface area contributed by atoms with E-state index in [1.165, 1.54) is 0 Å². The summed E-state index contributed by atoms with van der Waals surface area (Å²) in [6.45, 7) is 15.9. The first-order chi connectivity index (χ1) is 15.6. The fraction of sp³-hybridized carbons (Fsp3) is 0.933. The van der Waals surface area contributed by atoms with Gasteiger partial charge < -0.3 is 20.4 Å². The lowest BCUT2D eigenvalue weighted by Crippen LogP contribution is -2.66. The van der Waals surface area contributed by atoms with E-state index in [0.29, 0.717) is 18.3 Å². The molecule has 3 unspecified atom stereocenters. The highest BCUT2D eigenvalue weighted by molar-refractivity contribution is 5.20. The number of aliphatic hydroxyl groups excluding tert-OH is 3.